The van der Waals surface area contributed by atoms with Gasteiger partial charge < -0.3 is 5.32 Å². The molecule has 1 nitrogen and oxygen atoms in total. The molecule has 0 bridgehead atoms. The smallest absolute Gasteiger partial charge is 0.142 e. The van der Waals surface area contributed by atoms with Gasteiger partial charge in [-0.05, 0) is 42.8 Å². The summed E-state index contributed by atoms with van der Waals surface area (Å²) in [7, 11) is 0. The third-order valence-corrected chi connectivity index (χ3v) is 3.73. The predicted octanol–water partition coefficient (Wildman–Crippen LogP) is 5.26. The molecule has 6 heteroatoms. The van der Waals surface area contributed by atoms with E-state index in [9.17, 15) is 13.2 Å². The van der Waals surface area contributed by atoms with Gasteiger partial charge in [-0.25, -0.2) is 13.2 Å². The van der Waals surface area contributed by atoms with Crippen LogP contribution in [0, 0.1) is 17.5 Å². The summed E-state index contributed by atoms with van der Waals surface area (Å²) in [6, 6.07) is 5.41. The summed E-state index contributed by atoms with van der Waals surface area (Å²) in [5, 5.41) is 3.21. The number of nitrogens with one attached hydrogen (secondary N) is 1. The van der Waals surface area contributed by atoms with Crippen LogP contribution >= 0.6 is 23.2 Å². The zero-order valence-corrected chi connectivity index (χ0v) is 12.6. The van der Waals surface area contributed by atoms with Crippen molar-refractivity contribution in [3.8, 4) is 0 Å². The van der Waals surface area contributed by atoms with Crippen LogP contribution in [0.3, 0.4) is 0 Å². The molecule has 0 heterocycles. The summed E-state index contributed by atoms with van der Waals surface area (Å²) in [6.45, 7) is 1.83. The first-order valence-electron chi connectivity index (χ1n) is 6.20. The lowest BCUT2D eigenvalue weighted by Crippen LogP contribution is -2.19. The highest BCUT2D eigenvalue weighted by Gasteiger charge is 2.14. The molecular formula is C15H12Cl2F3N. The molecule has 0 fully saturated rings. The first kappa shape index (κ1) is 16.1. The molecule has 0 aliphatic rings. The fraction of sp³-hybridized carbons (Fsp3) is 0.200. The average molecular weight is 334 g/mol. The molecule has 0 radical (unpaired) electrons. The van der Waals surface area contributed by atoms with Gasteiger partial charge in [0.25, 0.3) is 0 Å². The molecule has 21 heavy (non-hydrogen) atoms. The Morgan fingerprint density at radius 2 is 1.71 bits per heavy atom. The van der Waals surface area contributed by atoms with E-state index >= 15 is 0 Å². The molecule has 1 N–H and O–H groups in total. The van der Waals surface area contributed by atoms with Gasteiger partial charge in [-0.15, -0.1) is 0 Å². The first-order valence-corrected chi connectivity index (χ1v) is 6.96. The maximum atomic E-state index is 13.5. The fourth-order valence-corrected chi connectivity index (χ4v) is 2.47. The normalized spacial score (nSPS) is 12.5. The van der Waals surface area contributed by atoms with Gasteiger partial charge in [0.15, 0.2) is 0 Å². The summed E-state index contributed by atoms with van der Waals surface area (Å²) >= 11 is 11.6. The van der Waals surface area contributed by atoms with Gasteiger partial charge in [-0.2, -0.15) is 0 Å². The van der Waals surface area contributed by atoms with Crippen molar-refractivity contribution in [2.45, 2.75) is 19.5 Å². The highest BCUT2D eigenvalue weighted by Crippen LogP contribution is 2.28. The van der Waals surface area contributed by atoms with Crippen molar-refractivity contribution in [2.24, 2.45) is 0 Å². The minimum atomic E-state index is -0.582. The van der Waals surface area contributed by atoms with Crippen LogP contribution in [0.15, 0.2) is 30.3 Å². The van der Waals surface area contributed by atoms with Crippen molar-refractivity contribution < 1.29 is 13.2 Å². The number of benzene rings is 2. The van der Waals surface area contributed by atoms with E-state index in [2.05, 4.69) is 5.32 Å². The van der Waals surface area contributed by atoms with E-state index in [1.807, 2.05) is 0 Å². The lowest BCUT2D eigenvalue weighted by atomic mass is 10.1. The minimum Gasteiger partial charge on any atom is -0.306 e. The van der Waals surface area contributed by atoms with Gasteiger partial charge in [-0.3, -0.25) is 0 Å². The van der Waals surface area contributed by atoms with Gasteiger partial charge in [0, 0.05) is 23.2 Å². The first-order chi connectivity index (χ1) is 9.88. The van der Waals surface area contributed by atoms with Gasteiger partial charge in [0.2, 0.25) is 0 Å². The zero-order chi connectivity index (χ0) is 15.6. The molecule has 2 aromatic rings. The molecule has 1 atom stereocenters. The number of halogens is 5. The Labute approximate surface area is 130 Å². The molecule has 112 valence electrons. The monoisotopic (exact) mass is 333 g/mol. The van der Waals surface area contributed by atoms with Crippen molar-refractivity contribution in [3.05, 3.63) is 69.0 Å². The average Bonchev–Trinajstić information content (AvgIpc) is 2.43. The number of hydrogen-bond donors (Lipinski definition) is 1. The van der Waals surface area contributed by atoms with Crippen LogP contribution in [-0.2, 0) is 6.54 Å². The summed E-state index contributed by atoms with van der Waals surface area (Å²) in [6.07, 6.45) is 0. The summed E-state index contributed by atoms with van der Waals surface area (Å²) in [5.41, 5.74) is 0.683. The lowest BCUT2D eigenvalue weighted by molar-refractivity contribution is 0.532. The third-order valence-electron chi connectivity index (χ3n) is 3.11. The Morgan fingerprint density at radius 3 is 2.43 bits per heavy atom. The van der Waals surface area contributed by atoms with Crippen LogP contribution in [0.1, 0.15) is 24.1 Å². The van der Waals surface area contributed by atoms with E-state index in [4.69, 9.17) is 23.2 Å². The quantitative estimate of drug-likeness (QED) is 0.752. The van der Waals surface area contributed by atoms with Gasteiger partial charge in [0.1, 0.15) is 17.5 Å². The SMILES string of the molecule is CC(NCc1cc(F)ccc1F)c1cc(F)c(Cl)cc1Cl. The number of rotatable bonds is 4. The van der Waals surface area contributed by atoms with Crippen LogP contribution in [0.4, 0.5) is 13.2 Å². The fourth-order valence-electron chi connectivity index (χ4n) is 1.92. The maximum Gasteiger partial charge on any atom is 0.142 e. The van der Waals surface area contributed by atoms with Gasteiger partial charge in [-0.1, -0.05) is 23.2 Å². The molecule has 2 rings (SSSR count). The van der Waals surface area contributed by atoms with Crippen LogP contribution in [0.5, 0.6) is 0 Å². The van der Waals surface area contributed by atoms with Crippen molar-refractivity contribution in [2.75, 3.05) is 0 Å². The van der Waals surface area contributed by atoms with E-state index in [0.717, 1.165) is 18.2 Å². The molecule has 0 aliphatic heterocycles. The van der Waals surface area contributed by atoms with Crippen LogP contribution in [0.25, 0.3) is 0 Å². The highest BCUT2D eigenvalue weighted by atomic mass is 35.5. The summed E-state index contributed by atoms with van der Waals surface area (Å²) < 4.78 is 40.1. The van der Waals surface area contributed by atoms with Crippen molar-refractivity contribution in [1.82, 2.24) is 5.32 Å². The number of hydrogen-bond acceptors (Lipinski definition) is 1. The Kier molecular flexibility index (Phi) is 5.14. The second-order valence-electron chi connectivity index (χ2n) is 4.63. The molecule has 0 aromatic heterocycles. The highest BCUT2D eigenvalue weighted by molar-refractivity contribution is 6.35. The van der Waals surface area contributed by atoms with Crippen LogP contribution in [-0.4, -0.2) is 0 Å². The van der Waals surface area contributed by atoms with E-state index in [1.54, 1.807) is 6.92 Å². The Morgan fingerprint density at radius 1 is 1.00 bits per heavy atom. The standard InChI is InChI=1S/C15H12Cl2F3N/c1-8(11-5-15(20)13(17)6-12(11)16)21-7-9-4-10(18)2-3-14(9)19/h2-6,8,21H,7H2,1H3. The van der Waals surface area contributed by atoms with E-state index in [1.165, 1.54) is 12.1 Å². The van der Waals surface area contributed by atoms with E-state index < -0.39 is 17.5 Å². The molecule has 0 saturated heterocycles. The Hall–Kier alpha value is -1.23. The van der Waals surface area contributed by atoms with E-state index in [-0.39, 0.29) is 23.2 Å². The largest absolute Gasteiger partial charge is 0.306 e. The predicted molar refractivity (Wildman–Crippen MR) is 78.0 cm³/mol. The molecule has 2 aromatic carbocycles. The summed E-state index contributed by atoms with van der Waals surface area (Å²) in [5.74, 6) is -1.61. The second-order valence-corrected chi connectivity index (χ2v) is 5.44. The third kappa shape index (κ3) is 3.90. The van der Waals surface area contributed by atoms with Crippen LogP contribution in [0.2, 0.25) is 10.0 Å². The molecule has 0 aliphatic carbocycles. The molecule has 1 unspecified atom stereocenters. The van der Waals surface area contributed by atoms with Gasteiger partial charge in [0.05, 0.1) is 5.02 Å². The topological polar surface area (TPSA) is 12.0 Å². The van der Waals surface area contributed by atoms with E-state index in [0.29, 0.717) is 10.6 Å². The molecule has 0 saturated carbocycles. The summed E-state index contributed by atoms with van der Waals surface area (Å²) in [4.78, 5) is 0. The zero-order valence-electron chi connectivity index (χ0n) is 11.1. The van der Waals surface area contributed by atoms with Crippen molar-refractivity contribution in [1.29, 1.82) is 0 Å². The second kappa shape index (κ2) is 6.69. The molecule has 0 amide bonds. The Bertz CT molecular complexity index is 662. The minimum absolute atomic E-state index is 0.0628. The lowest BCUT2D eigenvalue weighted by Gasteiger charge is -2.16. The van der Waals surface area contributed by atoms with Crippen molar-refractivity contribution >= 4 is 23.2 Å². The molecule has 0 spiro atoms. The Balaban J connectivity index is 2.13. The van der Waals surface area contributed by atoms with Crippen LogP contribution < -0.4 is 5.32 Å². The molecular weight excluding hydrogens is 322 g/mol. The van der Waals surface area contributed by atoms with Gasteiger partial charge >= 0.3 is 0 Å². The van der Waals surface area contributed by atoms with Crippen molar-refractivity contribution in [3.63, 3.8) is 0 Å². The maximum absolute atomic E-state index is 13.5.